The van der Waals surface area contributed by atoms with Crippen LogP contribution in [0.3, 0.4) is 0 Å². The molecule has 0 saturated carbocycles. The molecule has 11 nitrogen and oxygen atoms in total. The fourth-order valence-electron chi connectivity index (χ4n) is 8.06. The maximum absolute atomic E-state index is 11.1. The molecule has 0 radical (unpaired) electrons. The van der Waals surface area contributed by atoms with E-state index in [1.165, 1.54) is 136 Å². The summed E-state index contributed by atoms with van der Waals surface area (Å²) in [6, 6.07) is 0. The molecule has 0 heterocycles. The fraction of sp³-hybridized carbons (Fsp3) is 0.969. The van der Waals surface area contributed by atoms with Crippen molar-refractivity contribution in [2.45, 2.75) is 328 Å². The zero-order chi connectivity index (χ0) is 59.4. The molecule has 0 aliphatic heterocycles. The number of aliphatic hydroxyl groups excluding tert-OH is 6. The number of aliphatic hydroxyl groups is 6. The second-order valence-electron chi connectivity index (χ2n) is 21.4. The molecule has 0 amide bonds. The van der Waals surface area contributed by atoms with Crippen LogP contribution in [0.5, 0.6) is 0 Å². The Hall–Kier alpha value is 0.234. The number of ketones is 1. The predicted octanol–water partition coefficient (Wildman–Crippen LogP) is 16.6. The summed E-state index contributed by atoms with van der Waals surface area (Å²) in [5.41, 5.74) is 0. The zero-order valence-corrected chi connectivity index (χ0v) is 56.9. The molecule has 14 heteroatoms. The molecule has 0 aromatic rings. The van der Waals surface area contributed by atoms with Gasteiger partial charge in [-0.2, -0.15) is 23.5 Å². The van der Waals surface area contributed by atoms with E-state index < -0.39 is 0 Å². The van der Waals surface area contributed by atoms with Gasteiger partial charge in [0.15, 0.2) is 0 Å². The van der Waals surface area contributed by atoms with Gasteiger partial charge in [0, 0.05) is 96.2 Å². The molecule has 0 spiro atoms. The second kappa shape index (κ2) is 79.3. The van der Waals surface area contributed by atoms with Gasteiger partial charge in [0.2, 0.25) is 0 Å². The third kappa shape index (κ3) is 85.0. The van der Waals surface area contributed by atoms with Gasteiger partial charge >= 0.3 is 5.97 Å². The standard InChI is InChI=1S/C25H50O3S.C23H46O4S.4C4H10O.Ti/c1-6-7-8-14-17-24(28-5)18-20-25(3,29-22-21-27-4)19-15-12-10-9-11-13-16-23(2)26;1-4-5-6-11-14-21(25)16-18-23(2,28-20-19-24)17-13-10-8-7-9-12-15-22(26)27-3;4*1-2-3-4-5;/h24H,6-22H2,1-5H3;21,24-25H,4-20H2,1-3H3;4*5H,2-4H2,1H3;. The number of hydrogen-bond donors (Lipinski definition) is 6. The van der Waals surface area contributed by atoms with Crippen LogP contribution in [0.4, 0.5) is 0 Å². The molecular weight excluding hydrogens is 1060 g/mol. The average molecular weight is 1190 g/mol. The third-order valence-corrected chi connectivity index (χ3v) is 16.4. The normalized spacial score (nSPS) is 12.8. The van der Waals surface area contributed by atoms with Crippen molar-refractivity contribution in [1.29, 1.82) is 0 Å². The maximum atomic E-state index is 11.1. The Morgan fingerprint density at radius 1 is 0.436 bits per heavy atom. The Kier molecular flexibility index (Phi) is 93.5. The number of ether oxygens (including phenoxy) is 3. The zero-order valence-electron chi connectivity index (χ0n) is 53.7. The van der Waals surface area contributed by atoms with E-state index in [9.17, 15) is 19.8 Å². The van der Waals surface area contributed by atoms with Crippen LogP contribution in [-0.4, -0.2) is 137 Å². The molecule has 0 aromatic carbocycles. The Morgan fingerprint density at radius 3 is 1.17 bits per heavy atom. The van der Waals surface area contributed by atoms with Gasteiger partial charge in [0.1, 0.15) is 5.78 Å². The van der Waals surface area contributed by atoms with Gasteiger partial charge in [-0.05, 0) is 96.8 Å². The third-order valence-electron chi connectivity index (χ3n) is 13.5. The van der Waals surface area contributed by atoms with Crippen LogP contribution in [0.15, 0.2) is 0 Å². The molecule has 78 heavy (non-hydrogen) atoms. The molecule has 0 aromatic heterocycles. The number of hydrogen-bond acceptors (Lipinski definition) is 13. The first kappa shape index (κ1) is 92.0. The second-order valence-corrected chi connectivity index (χ2v) is 24.8. The van der Waals surface area contributed by atoms with Gasteiger partial charge in [-0.1, -0.05) is 197 Å². The minimum absolute atomic E-state index is 0. The molecule has 474 valence electrons. The first-order valence-corrected chi connectivity index (χ1v) is 33.7. The number of Topliss-reactive ketones (excluding diaryl/α,β-unsaturated/α-hetero) is 1. The molecular formula is C64H136O11S2Ti. The number of esters is 1. The predicted molar refractivity (Wildman–Crippen MR) is 338 cm³/mol. The number of carbonyl (C=O) groups excluding carboxylic acids is 2. The van der Waals surface area contributed by atoms with E-state index in [-0.39, 0.29) is 45.1 Å². The molecule has 0 saturated heterocycles. The number of thioether (sulfide) groups is 2. The molecule has 0 aliphatic carbocycles. The summed E-state index contributed by atoms with van der Waals surface area (Å²) in [7, 11) is 5.12. The Balaban J connectivity index is -0.000000189. The van der Waals surface area contributed by atoms with Gasteiger partial charge < -0.3 is 49.6 Å². The summed E-state index contributed by atoms with van der Waals surface area (Å²) >= 11 is 3.95. The SMILES string of the molecule is CCCCCCC(CCC(C)(CCCCCCCCC(C)=O)SCCOC)OC.CCCCCCC(O)CCC(C)(CCCCCCCCC(=O)OC)SCCO.CCCCO.CCCCO.CCCCO.CCCCO.[Ti]. The van der Waals surface area contributed by atoms with Crippen LogP contribution in [0.1, 0.15) is 306 Å². The number of rotatable bonds is 50. The summed E-state index contributed by atoms with van der Waals surface area (Å²) in [6.45, 7) is 21.6. The van der Waals surface area contributed by atoms with Gasteiger partial charge in [-0.15, -0.1) is 0 Å². The van der Waals surface area contributed by atoms with Crippen LogP contribution in [0.25, 0.3) is 0 Å². The first-order valence-electron chi connectivity index (χ1n) is 31.7. The van der Waals surface area contributed by atoms with E-state index in [1.54, 1.807) is 14.0 Å². The number of carbonyl (C=O) groups is 2. The van der Waals surface area contributed by atoms with E-state index in [2.05, 4.69) is 71.9 Å². The summed E-state index contributed by atoms with van der Waals surface area (Å²) < 4.78 is 16.2. The van der Waals surface area contributed by atoms with Crippen molar-refractivity contribution in [3.8, 4) is 0 Å². The summed E-state index contributed by atoms with van der Waals surface area (Å²) in [5.74, 6) is 2.07. The van der Waals surface area contributed by atoms with Crippen molar-refractivity contribution in [3.63, 3.8) is 0 Å². The molecule has 0 fully saturated rings. The van der Waals surface area contributed by atoms with Gasteiger partial charge in [-0.3, -0.25) is 4.79 Å². The van der Waals surface area contributed by atoms with Crippen LogP contribution in [0.2, 0.25) is 0 Å². The van der Waals surface area contributed by atoms with Gasteiger partial charge in [-0.25, -0.2) is 0 Å². The largest absolute Gasteiger partial charge is 0.469 e. The number of methoxy groups -OCH3 is 3. The minimum Gasteiger partial charge on any atom is -0.469 e. The number of unbranched alkanes of at least 4 members (excludes halogenated alkanes) is 20. The molecule has 0 aliphatic rings. The van der Waals surface area contributed by atoms with E-state index in [4.69, 9.17) is 29.9 Å². The first-order chi connectivity index (χ1) is 37.1. The maximum Gasteiger partial charge on any atom is 0.305 e. The van der Waals surface area contributed by atoms with Crippen LogP contribution >= 0.6 is 23.5 Å². The van der Waals surface area contributed by atoms with Crippen LogP contribution in [-0.2, 0) is 45.5 Å². The van der Waals surface area contributed by atoms with Crippen molar-refractivity contribution in [3.05, 3.63) is 0 Å². The topological polar surface area (TPSA) is 183 Å². The smallest absolute Gasteiger partial charge is 0.305 e. The molecule has 6 N–H and O–H groups in total. The van der Waals surface area contributed by atoms with E-state index in [0.29, 0.717) is 49.5 Å². The Labute approximate surface area is 508 Å². The van der Waals surface area contributed by atoms with Gasteiger partial charge in [0.05, 0.1) is 32.5 Å². The Bertz CT molecular complexity index is 1050. The van der Waals surface area contributed by atoms with Crippen LogP contribution in [0, 0.1) is 0 Å². The quantitative estimate of drug-likeness (QED) is 0.0192. The van der Waals surface area contributed by atoms with Crippen molar-refractivity contribution >= 4 is 35.3 Å². The van der Waals surface area contributed by atoms with Crippen molar-refractivity contribution in [1.82, 2.24) is 0 Å². The average Bonchev–Trinajstić information content (AvgIpc) is 3.42. The van der Waals surface area contributed by atoms with E-state index in [0.717, 1.165) is 127 Å². The monoisotopic (exact) mass is 1190 g/mol. The fourth-order valence-corrected chi connectivity index (χ4v) is 10.5. The van der Waals surface area contributed by atoms with Crippen molar-refractivity contribution < 1.29 is 76.2 Å². The molecule has 0 rings (SSSR count). The van der Waals surface area contributed by atoms with Crippen molar-refractivity contribution in [2.75, 3.05) is 72.5 Å². The summed E-state index contributed by atoms with van der Waals surface area (Å²) in [6.07, 6.45) is 42.9. The summed E-state index contributed by atoms with van der Waals surface area (Å²) in [4.78, 5) is 22.1. The molecule has 4 atom stereocenters. The summed E-state index contributed by atoms with van der Waals surface area (Å²) in [5, 5.41) is 51.8. The van der Waals surface area contributed by atoms with Crippen LogP contribution < -0.4 is 0 Å². The minimum atomic E-state index is -0.180. The molecule has 4 unspecified atom stereocenters. The molecule has 0 bridgehead atoms. The van der Waals surface area contributed by atoms with E-state index in [1.807, 2.05) is 18.9 Å². The van der Waals surface area contributed by atoms with E-state index >= 15 is 0 Å². The Morgan fingerprint density at radius 2 is 0.808 bits per heavy atom. The van der Waals surface area contributed by atoms with Gasteiger partial charge in [0.25, 0.3) is 0 Å². The van der Waals surface area contributed by atoms with Crippen molar-refractivity contribution in [2.24, 2.45) is 0 Å².